The molecule has 0 aliphatic heterocycles. The van der Waals surface area contributed by atoms with Crippen molar-refractivity contribution in [3.63, 3.8) is 0 Å². The summed E-state index contributed by atoms with van der Waals surface area (Å²) < 4.78 is 0. The first-order valence-electron chi connectivity index (χ1n) is 3.30. The van der Waals surface area contributed by atoms with E-state index in [9.17, 15) is 0 Å². The number of hydrazone groups is 1. The molecule has 4 heteroatoms. The molecule has 0 bridgehead atoms. The quantitative estimate of drug-likeness (QED) is 0.320. The fourth-order valence-corrected chi connectivity index (χ4v) is 0.295. The number of guanidine groups is 1. The summed E-state index contributed by atoms with van der Waals surface area (Å²) >= 11 is 0. The summed E-state index contributed by atoms with van der Waals surface area (Å²) in [6.07, 6.45) is 0. The molecule has 3 N–H and O–H groups in total. The van der Waals surface area contributed by atoms with Crippen LogP contribution in [0, 0.1) is 0 Å². The number of rotatable bonds is 2. The maximum absolute atomic E-state index is 5.48. The maximum Gasteiger partial charge on any atom is 0.213 e. The van der Waals surface area contributed by atoms with Crippen LogP contribution >= 0.6 is 0 Å². The fraction of sp³-hybridized carbons (Fsp3) is 0.833. The van der Waals surface area contributed by atoms with E-state index >= 15 is 0 Å². The van der Waals surface area contributed by atoms with Gasteiger partial charge in [-0.1, -0.05) is 0 Å². The Balaban J connectivity index is 3.69. The largest absolute Gasteiger partial charge is 0.368 e. The van der Waals surface area contributed by atoms with Crippen LogP contribution in [0.3, 0.4) is 0 Å². The molecule has 0 spiro atoms. The molecule has 0 fully saturated rings. The van der Waals surface area contributed by atoms with Gasteiger partial charge in [0.15, 0.2) is 0 Å². The molecule has 0 radical (unpaired) electrons. The zero-order valence-electron chi connectivity index (χ0n) is 7.05. The molecule has 0 aliphatic carbocycles. The predicted molar refractivity (Wildman–Crippen MR) is 43.6 cm³/mol. The van der Waals surface area contributed by atoms with Gasteiger partial charge < -0.3 is 16.1 Å². The van der Waals surface area contributed by atoms with E-state index in [0.717, 1.165) is 0 Å². The normalized spacial score (nSPS) is 11.9. The minimum atomic E-state index is 0.332. The van der Waals surface area contributed by atoms with Crippen LogP contribution in [0.2, 0.25) is 0 Å². The van der Waals surface area contributed by atoms with Crippen LogP contribution in [0.4, 0.5) is 0 Å². The molecule has 0 saturated heterocycles. The van der Waals surface area contributed by atoms with Gasteiger partial charge >= 0.3 is 0 Å². The summed E-state index contributed by atoms with van der Waals surface area (Å²) in [6, 6.07) is 0.332. The lowest BCUT2D eigenvalue weighted by Gasteiger charge is -2.11. The van der Waals surface area contributed by atoms with Crippen molar-refractivity contribution in [3.8, 4) is 0 Å². The third-order valence-electron chi connectivity index (χ3n) is 0.895. The number of hydrogen-bond donors (Lipinski definition) is 2. The third-order valence-corrected chi connectivity index (χ3v) is 0.895. The molecule has 0 amide bonds. The Morgan fingerprint density at radius 2 is 2.00 bits per heavy atom. The van der Waals surface area contributed by atoms with Gasteiger partial charge in [0.05, 0.1) is 0 Å². The third kappa shape index (κ3) is 4.00. The lowest BCUT2D eigenvalue weighted by Crippen LogP contribution is -2.33. The second-order valence-corrected chi connectivity index (χ2v) is 2.65. The Hall–Kier alpha value is -0.930. The molecular formula is C6H16N4. The van der Waals surface area contributed by atoms with Crippen LogP contribution in [0.1, 0.15) is 13.8 Å². The molecule has 0 atom stereocenters. The summed E-state index contributed by atoms with van der Waals surface area (Å²) in [5.41, 5.74) is 8.33. The highest BCUT2D eigenvalue weighted by Crippen LogP contribution is 1.77. The fourth-order valence-electron chi connectivity index (χ4n) is 0.295. The van der Waals surface area contributed by atoms with Gasteiger partial charge in [0, 0.05) is 20.1 Å². The van der Waals surface area contributed by atoms with Gasteiger partial charge in [-0.15, -0.1) is 5.10 Å². The molecule has 0 aliphatic rings. The minimum Gasteiger partial charge on any atom is -0.368 e. The van der Waals surface area contributed by atoms with Crippen LogP contribution in [0.25, 0.3) is 0 Å². The van der Waals surface area contributed by atoms with Gasteiger partial charge in [0.1, 0.15) is 0 Å². The van der Waals surface area contributed by atoms with E-state index in [1.807, 2.05) is 27.9 Å². The van der Waals surface area contributed by atoms with Crippen LogP contribution < -0.4 is 11.2 Å². The number of nitrogens with one attached hydrogen (secondary N) is 1. The van der Waals surface area contributed by atoms with Crippen LogP contribution in [-0.4, -0.2) is 31.0 Å². The lowest BCUT2D eigenvalue weighted by atomic mass is 10.4. The molecular weight excluding hydrogens is 128 g/mol. The summed E-state index contributed by atoms with van der Waals surface area (Å²) in [6.45, 7) is 4.01. The molecule has 0 heterocycles. The summed E-state index contributed by atoms with van der Waals surface area (Å²) in [5, 5.41) is 3.89. The molecule has 4 nitrogen and oxygen atoms in total. The van der Waals surface area contributed by atoms with E-state index in [0.29, 0.717) is 12.0 Å². The lowest BCUT2D eigenvalue weighted by molar-refractivity contribution is 0.568. The second-order valence-electron chi connectivity index (χ2n) is 2.65. The highest BCUT2D eigenvalue weighted by atomic mass is 15.4. The van der Waals surface area contributed by atoms with Gasteiger partial charge in [-0.05, 0) is 13.8 Å². The van der Waals surface area contributed by atoms with E-state index in [1.165, 1.54) is 0 Å². The van der Waals surface area contributed by atoms with Gasteiger partial charge in [-0.2, -0.15) is 0 Å². The van der Waals surface area contributed by atoms with Crippen LogP contribution in [0.5, 0.6) is 0 Å². The van der Waals surface area contributed by atoms with Gasteiger partial charge in [0.2, 0.25) is 5.96 Å². The van der Waals surface area contributed by atoms with Crippen molar-refractivity contribution in [2.75, 3.05) is 14.1 Å². The zero-order chi connectivity index (χ0) is 8.15. The van der Waals surface area contributed by atoms with Gasteiger partial charge in [0.25, 0.3) is 0 Å². The van der Waals surface area contributed by atoms with Gasteiger partial charge in [-0.3, -0.25) is 0 Å². The van der Waals surface area contributed by atoms with Crippen molar-refractivity contribution < 1.29 is 0 Å². The van der Waals surface area contributed by atoms with Crippen LogP contribution in [0.15, 0.2) is 5.10 Å². The van der Waals surface area contributed by atoms with Crippen molar-refractivity contribution in [1.82, 2.24) is 10.3 Å². The first-order valence-corrected chi connectivity index (χ1v) is 3.30. The average molecular weight is 144 g/mol. The zero-order valence-corrected chi connectivity index (χ0v) is 7.05. The molecule has 0 saturated carbocycles. The Morgan fingerprint density at radius 1 is 1.50 bits per heavy atom. The molecule has 0 rings (SSSR count). The topological polar surface area (TPSA) is 53.6 Å². The Bertz CT molecular complexity index is 117. The first-order chi connectivity index (χ1) is 4.54. The second kappa shape index (κ2) is 3.98. The summed E-state index contributed by atoms with van der Waals surface area (Å²) in [7, 11) is 3.70. The highest BCUT2D eigenvalue weighted by Gasteiger charge is 1.92. The van der Waals surface area contributed by atoms with E-state index in [-0.39, 0.29) is 0 Å². The van der Waals surface area contributed by atoms with E-state index < -0.39 is 0 Å². The molecule has 60 valence electrons. The van der Waals surface area contributed by atoms with E-state index in [4.69, 9.17) is 5.73 Å². The average Bonchev–Trinajstić information content (AvgIpc) is 1.82. The highest BCUT2D eigenvalue weighted by molar-refractivity contribution is 5.77. The Labute approximate surface area is 62.1 Å². The van der Waals surface area contributed by atoms with E-state index in [2.05, 4.69) is 10.5 Å². The predicted octanol–water partition coefficient (Wildman–Crippen LogP) is -0.224. The van der Waals surface area contributed by atoms with Crippen molar-refractivity contribution in [2.24, 2.45) is 10.8 Å². The van der Waals surface area contributed by atoms with Crippen molar-refractivity contribution in [1.29, 1.82) is 0 Å². The monoisotopic (exact) mass is 144 g/mol. The van der Waals surface area contributed by atoms with E-state index in [1.54, 1.807) is 4.90 Å². The Morgan fingerprint density at radius 3 is 2.30 bits per heavy atom. The number of hydrogen-bond acceptors (Lipinski definition) is 2. The SMILES string of the molecule is CC(C)NN=C(N)N(C)C. The molecule has 10 heavy (non-hydrogen) atoms. The van der Waals surface area contributed by atoms with Crippen LogP contribution in [-0.2, 0) is 0 Å². The summed E-state index contributed by atoms with van der Waals surface area (Å²) in [5.74, 6) is 0.494. The molecule has 0 aromatic carbocycles. The Kier molecular flexibility index (Phi) is 3.61. The summed E-state index contributed by atoms with van der Waals surface area (Å²) in [4.78, 5) is 1.75. The molecule has 0 aromatic heterocycles. The van der Waals surface area contributed by atoms with Gasteiger partial charge in [-0.25, -0.2) is 0 Å². The molecule has 0 aromatic rings. The van der Waals surface area contributed by atoms with Crippen molar-refractivity contribution in [3.05, 3.63) is 0 Å². The molecule has 0 unspecified atom stereocenters. The standard InChI is InChI=1S/C6H16N4/c1-5(2)8-9-6(7)10(3)4/h5,8H,1-4H3,(H2,7,9). The number of nitrogens with zero attached hydrogens (tertiary/aromatic N) is 2. The smallest absolute Gasteiger partial charge is 0.213 e. The van der Waals surface area contributed by atoms with Crippen molar-refractivity contribution >= 4 is 5.96 Å². The number of nitrogens with two attached hydrogens (primary N) is 1. The van der Waals surface area contributed by atoms with Crippen molar-refractivity contribution in [2.45, 2.75) is 19.9 Å². The minimum absolute atomic E-state index is 0.332. The first kappa shape index (κ1) is 9.07. The maximum atomic E-state index is 5.48.